The number of amides is 1. The molecule has 1 saturated heterocycles. The molecule has 5 heteroatoms. The summed E-state index contributed by atoms with van der Waals surface area (Å²) in [5.74, 6) is 0.778. The van der Waals surface area contributed by atoms with Gasteiger partial charge in [-0.05, 0) is 58.2 Å². The van der Waals surface area contributed by atoms with Crippen molar-refractivity contribution in [3.8, 4) is 5.75 Å². The summed E-state index contributed by atoms with van der Waals surface area (Å²) in [6.07, 6.45) is 2.13. The monoisotopic (exact) mass is 326 g/mol. The van der Waals surface area contributed by atoms with Gasteiger partial charge in [0, 0.05) is 12.1 Å². The molecule has 0 bridgehead atoms. The predicted molar refractivity (Wildman–Crippen MR) is 92.0 cm³/mol. The van der Waals surface area contributed by atoms with Crippen LogP contribution in [0.1, 0.15) is 36.5 Å². The van der Waals surface area contributed by atoms with E-state index in [2.05, 4.69) is 36.6 Å². The fourth-order valence-electron chi connectivity index (χ4n) is 3.02. The number of piperidine rings is 1. The van der Waals surface area contributed by atoms with Gasteiger partial charge in [-0.2, -0.15) is 0 Å². The number of hydrogen-bond donors (Lipinski definition) is 2. The van der Waals surface area contributed by atoms with E-state index in [-0.39, 0.29) is 31.0 Å². The van der Waals surface area contributed by atoms with Crippen LogP contribution in [0.15, 0.2) is 12.1 Å². The van der Waals surface area contributed by atoms with Crippen LogP contribution >= 0.6 is 12.4 Å². The van der Waals surface area contributed by atoms with E-state index in [1.165, 1.54) is 5.56 Å². The Morgan fingerprint density at radius 2 is 1.95 bits per heavy atom. The zero-order valence-electron chi connectivity index (χ0n) is 13.9. The summed E-state index contributed by atoms with van der Waals surface area (Å²) in [4.78, 5) is 12.1. The highest BCUT2D eigenvalue weighted by molar-refractivity contribution is 5.85. The molecule has 2 atom stereocenters. The molecule has 1 aromatic carbocycles. The molecule has 1 heterocycles. The highest BCUT2D eigenvalue weighted by Crippen LogP contribution is 2.24. The lowest BCUT2D eigenvalue weighted by atomic mass is 10.00. The Hall–Kier alpha value is -1.26. The topological polar surface area (TPSA) is 50.4 Å². The van der Waals surface area contributed by atoms with Gasteiger partial charge in [-0.3, -0.25) is 4.79 Å². The van der Waals surface area contributed by atoms with Crippen molar-refractivity contribution in [2.75, 3.05) is 13.2 Å². The summed E-state index contributed by atoms with van der Waals surface area (Å²) in [7, 11) is 0. The summed E-state index contributed by atoms with van der Waals surface area (Å²) < 4.78 is 5.73. The zero-order valence-corrected chi connectivity index (χ0v) is 14.7. The predicted octanol–water partition coefficient (Wildman–Crippen LogP) is 2.67. The van der Waals surface area contributed by atoms with E-state index in [0.717, 1.165) is 36.3 Å². The highest BCUT2D eigenvalue weighted by Gasteiger charge is 2.22. The van der Waals surface area contributed by atoms with Gasteiger partial charge in [-0.15, -0.1) is 12.4 Å². The molecule has 124 valence electrons. The van der Waals surface area contributed by atoms with Crippen LogP contribution in [0.5, 0.6) is 5.75 Å². The molecule has 0 saturated carbocycles. The van der Waals surface area contributed by atoms with Crippen molar-refractivity contribution in [3.05, 3.63) is 28.8 Å². The average Bonchev–Trinajstić information content (AvgIpc) is 2.40. The van der Waals surface area contributed by atoms with Crippen LogP contribution in [0.3, 0.4) is 0 Å². The Balaban J connectivity index is 0.00000242. The smallest absolute Gasteiger partial charge is 0.258 e. The molecule has 1 aliphatic rings. The summed E-state index contributed by atoms with van der Waals surface area (Å²) in [6.45, 7) is 9.31. The Labute approximate surface area is 139 Å². The normalized spacial score (nSPS) is 20.9. The Bertz CT molecular complexity index is 496. The van der Waals surface area contributed by atoms with Crippen LogP contribution in [0.2, 0.25) is 0 Å². The first-order valence-corrected chi connectivity index (χ1v) is 7.71. The van der Waals surface area contributed by atoms with Crippen molar-refractivity contribution in [1.82, 2.24) is 10.6 Å². The van der Waals surface area contributed by atoms with Crippen LogP contribution < -0.4 is 15.4 Å². The highest BCUT2D eigenvalue weighted by atomic mass is 35.5. The second-order valence-electron chi connectivity index (χ2n) is 6.08. The molecular formula is C17H27ClN2O2. The fourth-order valence-corrected chi connectivity index (χ4v) is 3.02. The van der Waals surface area contributed by atoms with Gasteiger partial charge in [0.25, 0.3) is 5.91 Å². The average molecular weight is 327 g/mol. The third-order valence-electron chi connectivity index (χ3n) is 4.06. The minimum Gasteiger partial charge on any atom is -0.483 e. The maximum atomic E-state index is 12.1. The lowest BCUT2D eigenvalue weighted by Crippen LogP contribution is -2.52. The third kappa shape index (κ3) is 4.89. The minimum atomic E-state index is -0.0464. The molecule has 1 aliphatic heterocycles. The van der Waals surface area contributed by atoms with Gasteiger partial charge >= 0.3 is 0 Å². The molecule has 0 aliphatic carbocycles. The van der Waals surface area contributed by atoms with Crippen LogP contribution in [0, 0.1) is 20.8 Å². The molecule has 2 N–H and O–H groups in total. The molecule has 2 unspecified atom stereocenters. The number of carbonyl (C=O) groups is 1. The molecular weight excluding hydrogens is 300 g/mol. The number of benzene rings is 1. The largest absolute Gasteiger partial charge is 0.483 e. The van der Waals surface area contributed by atoms with E-state index < -0.39 is 0 Å². The minimum absolute atomic E-state index is 0. The van der Waals surface area contributed by atoms with E-state index in [0.29, 0.717) is 6.04 Å². The quantitative estimate of drug-likeness (QED) is 0.894. The molecule has 1 fully saturated rings. The standard InChI is InChI=1S/C17H26N2O2.ClH/c1-11-8-12(2)17(13(3)9-11)21-10-16(20)19-15-6-5-7-18-14(15)4;/h8-9,14-15,18H,5-7,10H2,1-4H3,(H,19,20);1H. The molecule has 22 heavy (non-hydrogen) atoms. The van der Waals surface area contributed by atoms with Gasteiger partial charge in [0.05, 0.1) is 0 Å². The molecule has 1 aromatic rings. The Morgan fingerprint density at radius 1 is 1.32 bits per heavy atom. The maximum Gasteiger partial charge on any atom is 0.258 e. The number of halogens is 1. The van der Waals surface area contributed by atoms with E-state index in [9.17, 15) is 4.79 Å². The van der Waals surface area contributed by atoms with Gasteiger partial charge in [0.1, 0.15) is 5.75 Å². The van der Waals surface area contributed by atoms with Crippen LogP contribution in [-0.4, -0.2) is 31.1 Å². The van der Waals surface area contributed by atoms with Gasteiger partial charge in [0.15, 0.2) is 6.61 Å². The first-order valence-electron chi connectivity index (χ1n) is 7.71. The van der Waals surface area contributed by atoms with Crippen molar-refractivity contribution < 1.29 is 9.53 Å². The molecule has 1 amide bonds. The third-order valence-corrected chi connectivity index (χ3v) is 4.06. The summed E-state index contributed by atoms with van der Waals surface area (Å²) in [5.41, 5.74) is 3.37. The first kappa shape index (κ1) is 18.8. The van der Waals surface area contributed by atoms with E-state index in [4.69, 9.17) is 4.74 Å². The lowest BCUT2D eigenvalue weighted by Gasteiger charge is -2.30. The van der Waals surface area contributed by atoms with E-state index in [1.807, 2.05) is 13.8 Å². The first-order chi connectivity index (χ1) is 9.97. The number of carbonyl (C=O) groups excluding carboxylic acids is 1. The SMILES string of the molecule is Cc1cc(C)c(OCC(=O)NC2CCCNC2C)c(C)c1.Cl. The lowest BCUT2D eigenvalue weighted by molar-refractivity contribution is -0.124. The van der Waals surface area contributed by atoms with Crippen molar-refractivity contribution in [2.24, 2.45) is 0 Å². The van der Waals surface area contributed by atoms with Crippen LogP contribution in [0.4, 0.5) is 0 Å². The summed E-state index contributed by atoms with van der Waals surface area (Å²) >= 11 is 0. The number of rotatable bonds is 4. The van der Waals surface area contributed by atoms with E-state index >= 15 is 0 Å². The van der Waals surface area contributed by atoms with Gasteiger partial charge in [0.2, 0.25) is 0 Å². The summed E-state index contributed by atoms with van der Waals surface area (Å²) in [5, 5.41) is 6.44. The number of ether oxygens (including phenoxy) is 1. The zero-order chi connectivity index (χ0) is 15.4. The van der Waals surface area contributed by atoms with Crippen LogP contribution in [-0.2, 0) is 4.79 Å². The molecule has 4 nitrogen and oxygen atoms in total. The Morgan fingerprint density at radius 3 is 2.55 bits per heavy atom. The number of nitrogens with one attached hydrogen (secondary N) is 2. The van der Waals surface area contributed by atoms with Gasteiger partial charge < -0.3 is 15.4 Å². The number of hydrogen-bond acceptors (Lipinski definition) is 3. The molecule has 0 spiro atoms. The van der Waals surface area contributed by atoms with Crippen LogP contribution in [0.25, 0.3) is 0 Å². The van der Waals surface area contributed by atoms with Crippen molar-refractivity contribution >= 4 is 18.3 Å². The summed E-state index contributed by atoms with van der Waals surface area (Å²) in [6, 6.07) is 4.68. The second-order valence-corrected chi connectivity index (χ2v) is 6.08. The van der Waals surface area contributed by atoms with E-state index in [1.54, 1.807) is 0 Å². The number of aryl methyl sites for hydroxylation is 3. The molecule has 2 rings (SSSR count). The van der Waals surface area contributed by atoms with Crippen molar-refractivity contribution in [3.63, 3.8) is 0 Å². The Kier molecular flexibility index (Phi) is 7.17. The van der Waals surface area contributed by atoms with Gasteiger partial charge in [-0.1, -0.05) is 17.7 Å². The molecule has 0 radical (unpaired) electrons. The van der Waals surface area contributed by atoms with Gasteiger partial charge in [-0.25, -0.2) is 0 Å². The molecule has 0 aromatic heterocycles. The van der Waals surface area contributed by atoms with Crippen molar-refractivity contribution in [2.45, 2.75) is 52.6 Å². The second kappa shape index (κ2) is 8.39. The maximum absolute atomic E-state index is 12.1. The van der Waals surface area contributed by atoms with Crippen molar-refractivity contribution in [1.29, 1.82) is 0 Å². The fraction of sp³-hybridized carbons (Fsp3) is 0.588.